The average Bonchev–Trinajstić information content (AvgIpc) is 2.55. The third kappa shape index (κ3) is 3.79. The Morgan fingerprint density at radius 3 is 2.18 bits per heavy atom. The van der Waals surface area contributed by atoms with Gasteiger partial charge in [-0.05, 0) is 54.4 Å². The highest BCUT2D eigenvalue weighted by atomic mass is 16.7. The first-order valence-electron chi connectivity index (χ1n) is 6.69. The lowest BCUT2D eigenvalue weighted by Gasteiger charge is -2.09. The summed E-state index contributed by atoms with van der Waals surface area (Å²) in [5.74, 6) is 0.626. The van der Waals surface area contributed by atoms with Crippen molar-refractivity contribution in [2.24, 2.45) is 0 Å². The molecule has 0 aliphatic rings. The molecule has 0 saturated carbocycles. The van der Waals surface area contributed by atoms with Crippen LogP contribution in [-0.4, -0.2) is 18.7 Å². The van der Waals surface area contributed by atoms with Gasteiger partial charge in [-0.15, -0.1) is 0 Å². The number of benzene rings is 2. The maximum Gasteiger partial charge on any atom is 0.519 e. The van der Waals surface area contributed by atoms with Gasteiger partial charge in [0.05, 0.1) is 0 Å². The molecule has 0 atom stereocenters. The minimum Gasteiger partial charge on any atom is -0.395 e. The molecule has 0 amide bonds. The summed E-state index contributed by atoms with van der Waals surface area (Å²) in [7, 11) is 0. The Labute approximate surface area is 127 Å². The molecule has 0 aliphatic carbocycles. The molecule has 0 aromatic heterocycles. The van der Waals surface area contributed by atoms with Crippen molar-refractivity contribution >= 4 is 18.7 Å². The van der Waals surface area contributed by atoms with E-state index in [0.29, 0.717) is 29.6 Å². The molecule has 0 heterocycles. The second-order valence-corrected chi connectivity index (χ2v) is 4.48. The van der Waals surface area contributed by atoms with Crippen molar-refractivity contribution in [3.63, 3.8) is 0 Å². The normalized spacial score (nSPS) is 9.86. The molecule has 0 unspecified atom stereocenters. The zero-order valence-electron chi connectivity index (χ0n) is 11.9. The smallest absolute Gasteiger partial charge is 0.395 e. The standard InChI is InChI=1S/C17H14O5/c1-2-14-9-13(11-19)5-8-16(14)22-17(20)21-15-6-3-12(10-18)4-7-15/h3-11H,2H2,1H3. The highest BCUT2D eigenvalue weighted by molar-refractivity contribution is 5.77. The van der Waals surface area contributed by atoms with E-state index in [1.54, 1.807) is 18.2 Å². The van der Waals surface area contributed by atoms with Crippen LogP contribution in [0.2, 0.25) is 0 Å². The first-order chi connectivity index (χ1) is 10.7. The van der Waals surface area contributed by atoms with Gasteiger partial charge in [-0.2, -0.15) is 0 Å². The summed E-state index contributed by atoms with van der Waals surface area (Å²) in [4.78, 5) is 33.1. The van der Waals surface area contributed by atoms with Gasteiger partial charge in [0.1, 0.15) is 24.1 Å². The topological polar surface area (TPSA) is 69.7 Å². The first-order valence-corrected chi connectivity index (χ1v) is 6.69. The van der Waals surface area contributed by atoms with E-state index in [4.69, 9.17) is 9.47 Å². The highest BCUT2D eigenvalue weighted by Crippen LogP contribution is 2.21. The number of carbonyl (C=O) groups excluding carboxylic acids is 3. The molecule has 0 spiro atoms. The van der Waals surface area contributed by atoms with E-state index in [2.05, 4.69) is 0 Å². The maximum atomic E-state index is 11.8. The lowest BCUT2D eigenvalue weighted by molar-refractivity contribution is 0.111. The molecule has 112 valence electrons. The van der Waals surface area contributed by atoms with E-state index >= 15 is 0 Å². The van der Waals surface area contributed by atoms with Crippen LogP contribution in [0.1, 0.15) is 33.2 Å². The average molecular weight is 298 g/mol. The van der Waals surface area contributed by atoms with Crippen LogP contribution < -0.4 is 9.47 Å². The Morgan fingerprint density at radius 1 is 0.955 bits per heavy atom. The molecule has 0 saturated heterocycles. The summed E-state index contributed by atoms with van der Waals surface area (Å²) >= 11 is 0. The Bertz CT molecular complexity index is 689. The molecule has 0 fully saturated rings. The molecule has 0 radical (unpaired) electrons. The van der Waals surface area contributed by atoms with Gasteiger partial charge < -0.3 is 9.47 Å². The Morgan fingerprint density at radius 2 is 1.59 bits per heavy atom. The fourth-order valence-corrected chi connectivity index (χ4v) is 1.87. The summed E-state index contributed by atoms with van der Waals surface area (Å²) in [6.45, 7) is 1.89. The van der Waals surface area contributed by atoms with Crippen molar-refractivity contribution in [3.8, 4) is 11.5 Å². The van der Waals surface area contributed by atoms with E-state index in [0.717, 1.165) is 11.8 Å². The van der Waals surface area contributed by atoms with Gasteiger partial charge in [0.15, 0.2) is 0 Å². The number of aldehydes is 2. The molecular formula is C17H14O5. The quantitative estimate of drug-likeness (QED) is 0.480. The fourth-order valence-electron chi connectivity index (χ4n) is 1.87. The lowest BCUT2D eigenvalue weighted by Crippen LogP contribution is -2.14. The molecule has 2 aromatic carbocycles. The maximum absolute atomic E-state index is 11.8. The van der Waals surface area contributed by atoms with Crippen LogP contribution in [0.4, 0.5) is 4.79 Å². The van der Waals surface area contributed by atoms with Crippen LogP contribution in [0.3, 0.4) is 0 Å². The Hall–Kier alpha value is -2.95. The number of hydrogen-bond acceptors (Lipinski definition) is 5. The van der Waals surface area contributed by atoms with Crippen molar-refractivity contribution in [2.75, 3.05) is 0 Å². The zero-order chi connectivity index (χ0) is 15.9. The number of aryl methyl sites for hydroxylation is 1. The molecule has 0 N–H and O–H groups in total. The third-order valence-electron chi connectivity index (χ3n) is 3.01. The zero-order valence-corrected chi connectivity index (χ0v) is 11.9. The minimum atomic E-state index is -0.882. The van der Waals surface area contributed by atoms with Gasteiger partial charge in [-0.25, -0.2) is 4.79 Å². The van der Waals surface area contributed by atoms with Crippen molar-refractivity contribution in [3.05, 3.63) is 59.2 Å². The van der Waals surface area contributed by atoms with Gasteiger partial charge in [0.2, 0.25) is 0 Å². The van der Waals surface area contributed by atoms with Gasteiger partial charge in [-0.3, -0.25) is 9.59 Å². The second kappa shape index (κ2) is 7.17. The minimum absolute atomic E-state index is 0.276. The van der Waals surface area contributed by atoms with Crippen LogP contribution in [0, 0.1) is 0 Å². The molecule has 22 heavy (non-hydrogen) atoms. The third-order valence-corrected chi connectivity index (χ3v) is 3.01. The molecule has 2 aromatic rings. The number of hydrogen-bond donors (Lipinski definition) is 0. The van der Waals surface area contributed by atoms with Crippen molar-refractivity contribution in [2.45, 2.75) is 13.3 Å². The van der Waals surface area contributed by atoms with Crippen LogP contribution in [0.25, 0.3) is 0 Å². The van der Waals surface area contributed by atoms with Gasteiger partial charge in [0, 0.05) is 11.1 Å². The van der Waals surface area contributed by atoms with Crippen LogP contribution >= 0.6 is 0 Å². The van der Waals surface area contributed by atoms with Crippen LogP contribution in [0.5, 0.6) is 11.5 Å². The van der Waals surface area contributed by atoms with Crippen LogP contribution in [-0.2, 0) is 6.42 Å². The Balaban J connectivity index is 2.07. The fraction of sp³-hybridized carbons (Fsp3) is 0.118. The van der Waals surface area contributed by atoms with Crippen molar-refractivity contribution < 1.29 is 23.9 Å². The first kappa shape index (κ1) is 15.4. The number of ether oxygens (including phenoxy) is 2. The second-order valence-electron chi connectivity index (χ2n) is 4.48. The molecule has 2 rings (SSSR count). The summed E-state index contributed by atoms with van der Waals surface area (Å²) in [6.07, 6.45) is 1.16. The predicted octanol–water partition coefficient (Wildman–Crippen LogP) is 3.45. The number of carbonyl (C=O) groups is 3. The molecule has 0 aliphatic heterocycles. The monoisotopic (exact) mass is 298 g/mol. The highest BCUT2D eigenvalue weighted by Gasteiger charge is 2.11. The summed E-state index contributed by atoms with van der Waals surface area (Å²) in [6, 6.07) is 10.8. The molecule has 5 heteroatoms. The summed E-state index contributed by atoms with van der Waals surface area (Å²) < 4.78 is 10.2. The van der Waals surface area contributed by atoms with E-state index in [-0.39, 0.29) is 5.75 Å². The summed E-state index contributed by atoms with van der Waals surface area (Å²) in [5, 5.41) is 0. The molecule has 0 bridgehead atoms. The molecule has 5 nitrogen and oxygen atoms in total. The van der Waals surface area contributed by atoms with E-state index in [9.17, 15) is 14.4 Å². The van der Waals surface area contributed by atoms with Crippen molar-refractivity contribution in [1.29, 1.82) is 0 Å². The van der Waals surface area contributed by atoms with Gasteiger partial charge >= 0.3 is 6.16 Å². The largest absolute Gasteiger partial charge is 0.519 e. The predicted molar refractivity (Wildman–Crippen MR) is 79.7 cm³/mol. The van der Waals surface area contributed by atoms with E-state index in [1.807, 2.05) is 6.92 Å². The van der Waals surface area contributed by atoms with Gasteiger partial charge in [-0.1, -0.05) is 6.92 Å². The van der Waals surface area contributed by atoms with E-state index in [1.165, 1.54) is 24.3 Å². The lowest BCUT2D eigenvalue weighted by atomic mass is 10.1. The number of rotatable bonds is 5. The van der Waals surface area contributed by atoms with Gasteiger partial charge in [0.25, 0.3) is 0 Å². The Kier molecular flexibility index (Phi) is 5.03. The van der Waals surface area contributed by atoms with Crippen LogP contribution in [0.15, 0.2) is 42.5 Å². The van der Waals surface area contributed by atoms with Crippen molar-refractivity contribution in [1.82, 2.24) is 0 Å². The summed E-state index contributed by atoms with van der Waals surface area (Å²) in [5.41, 5.74) is 1.73. The molecular weight excluding hydrogens is 284 g/mol. The van der Waals surface area contributed by atoms with E-state index < -0.39 is 6.16 Å². The SMILES string of the molecule is CCc1cc(C=O)ccc1OC(=O)Oc1ccc(C=O)cc1.